The van der Waals surface area contributed by atoms with Crippen LogP contribution in [0.4, 0.5) is 18.9 Å². The highest BCUT2D eigenvalue weighted by Crippen LogP contribution is 2.42. The highest BCUT2D eigenvalue weighted by molar-refractivity contribution is 7.20. The molecule has 180 valence electrons. The number of hydrogen-bond acceptors (Lipinski definition) is 8. The lowest BCUT2D eigenvalue weighted by molar-refractivity contribution is -0.198. The smallest absolute Gasteiger partial charge is 0.446 e. The number of nitrogens with two attached hydrogens (primary N) is 1. The first kappa shape index (κ1) is 24.8. The Kier molecular flexibility index (Phi) is 7.64. The molecule has 1 fully saturated rings. The molecule has 0 aromatic carbocycles. The number of nitrogens with zero attached hydrogens (tertiary/aromatic N) is 1. The summed E-state index contributed by atoms with van der Waals surface area (Å²) < 4.78 is 48.1. The number of nitrogens with one attached hydrogen (secondary N) is 1. The van der Waals surface area contributed by atoms with E-state index in [1.165, 1.54) is 11.3 Å². The van der Waals surface area contributed by atoms with Crippen LogP contribution in [0.5, 0.6) is 0 Å². The summed E-state index contributed by atoms with van der Waals surface area (Å²) in [7, 11) is 0. The first-order chi connectivity index (χ1) is 16.2. The lowest BCUT2D eigenvalue weighted by atomic mass is 9.99. The molecule has 1 aliphatic rings. The molecule has 3 aromatic heterocycles. The largest absolute Gasteiger partial charge is 0.490 e. The molecule has 4 rings (SSSR count). The Balaban J connectivity index is 1.71. The van der Waals surface area contributed by atoms with Gasteiger partial charge < -0.3 is 20.5 Å². The van der Waals surface area contributed by atoms with Crippen molar-refractivity contribution in [1.82, 2.24) is 4.98 Å². The van der Waals surface area contributed by atoms with Crippen LogP contribution in [0, 0.1) is 11.8 Å². The van der Waals surface area contributed by atoms with E-state index in [1.54, 1.807) is 17.4 Å². The van der Waals surface area contributed by atoms with E-state index in [-0.39, 0.29) is 11.2 Å². The maximum Gasteiger partial charge on any atom is 0.490 e. The number of ether oxygens (including phenoxy) is 2. The van der Waals surface area contributed by atoms with Crippen LogP contribution in [0.15, 0.2) is 23.6 Å². The molecule has 6 nitrogen and oxygen atoms in total. The van der Waals surface area contributed by atoms with Gasteiger partial charge in [0.05, 0.1) is 20.8 Å². The van der Waals surface area contributed by atoms with Crippen molar-refractivity contribution in [2.45, 2.75) is 37.7 Å². The second-order valence-electron chi connectivity index (χ2n) is 7.42. The van der Waals surface area contributed by atoms with Gasteiger partial charge in [0.2, 0.25) is 0 Å². The number of halogens is 4. The summed E-state index contributed by atoms with van der Waals surface area (Å²) in [5.41, 5.74) is 7.99. The van der Waals surface area contributed by atoms with Crippen LogP contribution in [0.1, 0.15) is 34.3 Å². The van der Waals surface area contributed by atoms with E-state index in [4.69, 9.17) is 22.1 Å². The number of thiophene rings is 2. The molecule has 0 unspecified atom stereocenters. The monoisotopic (exact) mass is 529 g/mol. The number of hydrogen-bond donors (Lipinski definition) is 2. The number of rotatable bonds is 5. The first-order valence-electron chi connectivity index (χ1n) is 10.2. The van der Waals surface area contributed by atoms with Crippen molar-refractivity contribution in [3.63, 3.8) is 0 Å². The van der Waals surface area contributed by atoms with E-state index in [9.17, 15) is 18.0 Å². The number of fused-ring (bicyclic) bond motifs is 1. The second-order valence-corrected chi connectivity index (χ2v) is 9.89. The van der Waals surface area contributed by atoms with Crippen LogP contribution in [-0.2, 0) is 20.8 Å². The maximum absolute atomic E-state index is 12.4. The Morgan fingerprint density at radius 2 is 2.26 bits per heavy atom. The van der Waals surface area contributed by atoms with Crippen molar-refractivity contribution in [2.24, 2.45) is 5.73 Å². The number of pyridine rings is 1. The fraction of sp³-hybridized carbons (Fsp3) is 0.364. The van der Waals surface area contributed by atoms with Crippen molar-refractivity contribution in [3.8, 4) is 11.8 Å². The van der Waals surface area contributed by atoms with Crippen molar-refractivity contribution in [3.05, 3.63) is 44.1 Å². The molecule has 3 N–H and O–H groups in total. The Morgan fingerprint density at radius 3 is 2.97 bits per heavy atom. The maximum atomic E-state index is 12.4. The van der Waals surface area contributed by atoms with Crippen molar-refractivity contribution < 1.29 is 27.4 Å². The SMILES string of the molecule is N[C@H]1CCCO[C@@H]1c1sc2c(NCc3cccs3)cc(Cl)nc2c1C#CCOC(=O)C(F)(F)F. The normalized spacial score (nSPS) is 18.4. The van der Waals surface area contributed by atoms with E-state index in [0.29, 0.717) is 29.1 Å². The van der Waals surface area contributed by atoms with Gasteiger partial charge in [0.1, 0.15) is 16.8 Å². The predicted molar refractivity (Wildman–Crippen MR) is 126 cm³/mol. The third-order valence-electron chi connectivity index (χ3n) is 5.02. The zero-order valence-corrected chi connectivity index (χ0v) is 20.0. The second kappa shape index (κ2) is 10.5. The van der Waals surface area contributed by atoms with E-state index in [0.717, 1.165) is 28.1 Å². The fourth-order valence-electron chi connectivity index (χ4n) is 3.48. The minimum atomic E-state index is -5.08. The van der Waals surface area contributed by atoms with Crippen LogP contribution in [0.2, 0.25) is 5.15 Å². The Morgan fingerprint density at radius 1 is 1.44 bits per heavy atom. The van der Waals surface area contributed by atoms with Gasteiger partial charge in [-0.3, -0.25) is 0 Å². The van der Waals surface area contributed by atoms with Gasteiger partial charge in [0.25, 0.3) is 0 Å². The van der Waals surface area contributed by atoms with Crippen LogP contribution < -0.4 is 11.1 Å². The van der Waals surface area contributed by atoms with Crippen LogP contribution >= 0.6 is 34.3 Å². The molecule has 34 heavy (non-hydrogen) atoms. The van der Waals surface area contributed by atoms with Crippen molar-refractivity contribution in [2.75, 3.05) is 18.5 Å². The minimum absolute atomic E-state index is 0.228. The Labute approximate surface area is 206 Å². The lowest BCUT2D eigenvalue weighted by Gasteiger charge is -2.28. The average Bonchev–Trinajstić information content (AvgIpc) is 3.43. The molecule has 0 radical (unpaired) electrons. The van der Waals surface area contributed by atoms with E-state index in [2.05, 4.69) is 26.9 Å². The van der Waals surface area contributed by atoms with Crippen molar-refractivity contribution in [1.29, 1.82) is 0 Å². The third-order valence-corrected chi connectivity index (χ3v) is 7.36. The predicted octanol–water partition coefficient (Wildman–Crippen LogP) is 5.26. The molecule has 4 heterocycles. The number of carbonyl (C=O) groups excluding carboxylic acids is 1. The molecule has 0 bridgehead atoms. The van der Waals surface area contributed by atoms with Gasteiger partial charge in [-0.15, -0.1) is 22.7 Å². The zero-order valence-electron chi connectivity index (χ0n) is 17.6. The summed E-state index contributed by atoms with van der Waals surface area (Å²) in [6, 6.07) is 5.40. The quantitative estimate of drug-likeness (QED) is 0.266. The zero-order chi connectivity index (χ0) is 24.3. The summed E-state index contributed by atoms with van der Waals surface area (Å²) >= 11 is 9.30. The van der Waals surface area contributed by atoms with Gasteiger partial charge in [-0.25, -0.2) is 9.78 Å². The number of anilines is 1. The van der Waals surface area contributed by atoms with Crippen LogP contribution in [0.25, 0.3) is 10.2 Å². The van der Waals surface area contributed by atoms with Gasteiger partial charge in [-0.1, -0.05) is 29.5 Å². The fourth-order valence-corrected chi connectivity index (χ4v) is 5.64. The molecule has 2 atom stereocenters. The molecule has 0 saturated carbocycles. The Bertz CT molecular complexity index is 1240. The minimum Gasteiger partial charge on any atom is -0.446 e. The van der Waals surface area contributed by atoms with Gasteiger partial charge in [-0.2, -0.15) is 13.2 Å². The number of alkyl halides is 3. The summed E-state index contributed by atoms with van der Waals surface area (Å²) in [6.07, 6.45) is -3.94. The van der Waals surface area contributed by atoms with E-state index < -0.39 is 24.9 Å². The summed E-state index contributed by atoms with van der Waals surface area (Å²) in [6.45, 7) is 0.380. The van der Waals surface area contributed by atoms with Crippen molar-refractivity contribution >= 4 is 56.1 Å². The molecule has 0 amide bonds. The molecular weight excluding hydrogens is 511 g/mol. The van der Waals surface area contributed by atoms with Crippen LogP contribution in [-0.4, -0.2) is 36.4 Å². The van der Waals surface area contributed by atoms with E-state index >= 15 is 0 Å². The number of carbonyl (C=O) groups is 1. The molecule has 0 spiro atoms. The lowest BCUT2D eigenvalue weighted by Crippen LogP contribution is -2.34. The van der Waals surface area contributed by atoms with Gasteiger partial charge >= 0.3 is 12.1 Å². The summed E-state index contributed by atoms with van der Waals surface area (Å²) in [5.74, 6) is 3.01. The summed E-state index contributed by atoms with van der Waals surface area (Å²) in [4.78, 5) is 17.2. The topological polar surface area (TPSA) is 86.5 Å². The van der Waals surface area contributed by atoms with Gasteiger partial charge in [-0.05, 0) is 24.3 Å². The first-order valence-corrected chi connectivity index (χ1v) is 12.3. The highest BCUT2D eigenvalue weighted by atomic mass is 35.5. The molecule has 3 aromatic rings. The Hall–Kier alpha value is -2.36. The molecular formula is C22H19ClF3N3O3S2. The van der Waals surface area contributed by atoms with E-state index in [1.807, 2.05) is 17.5 Å². The average molecular weight is 530 g/mol. The summed E-state index contributed by atoms with van der Waals surface area (Å²) in [5, 5.41) is 5.58. The molecule has 0 aliphatic carbocycles. The third kappa shape index (κ3) is 5.64. The van der Waals surface area contributed by atoms with Crippen LogP contribution in [0.3, 0.4) is 0 Å². The molecule has 12 heteroatoms. The standard InChI is InChI=1S/C22H19ClF3N3O3S2/c23-16-10-15(28-11-12-4-3-9-33-12)20-17(29-16)13(5-1-8-32-21(30)22(24,25)26)19(34-20)18-14(27)6-2-7-31-18/h3-4,9-10,14,18H,2,6-8,11,27H2,(H,28,29)/t14-,18-/m0/s1. The number of aromatic nitrogens is 1. The number of esters is 1. The highest BCUT2D eigenvalue weighted by Gasteiger charge is 2.40. The molecule has 1 saturated heterocycles. The van der Waals surface area contributed by atoms with Gasteiger partial charge in [0, 0.05) is 30.1 Å². The van der Waals surface area contributed by atoms with Gasteiger partial charge in [0.15, 0.2) is 6.61 Å². The molecule has 1 aliphatic heterocycles.